The van der Waals surface area contributed by atoms with E-state index in [0.29, 0.717) is 12.3 Å². The van der Waals surface area contributed by atoms with E-state index in [-0.39, 0.29) is 0 Å². The van der Waals surface area contributed by atoms with Crippen LogP contribution in [0.25, 0.3) is 0 Å². The summed E-state index contributed by atoms with van der Waals surface area (Å²) in [6.07, 6.45) is 9.02. The van der Waals surface area contributed by atoms with Crippen molar-refractivity contribution in [2.24, 2.45) is 0 Å². The highest BCUT2D eigenvalue weighted by atomic mass is 16.1. The number of benzene rings is 2. The van der Waals surface area contributed by atoms with Crippen molar-refractivity contribution >= 4 is 5.78 Å². The molecule has 0 N–H and O–H groups in total. The Morgan fingerprint density at radius 3 is 2.11 bits per heavy atom. The smallest absolute Gasteiger partial charge is 0.161 e. The third-order valence-corrected chi connectivity index (χ3v) is 5.94. The molecule has 1 saturated heterocycles. The molecule has 0 amide bonds. The van der Waals surface area contributed by atoms with Crippen molar-refractivity contribution in [1.29, 1.82) is 0 Å². The van der Waals surface area contributed by atoms with Crippen LogP contribution < -0.4 is 0 Å². The van der Waals surface area contributed by atoms with Gasteiger partial charge in [-0.1, -0.05) is 85.0 Å². The number of hydrogen-bond acceptors (Lipinski definition) is 3. The SMILES string of the molecule is O=C(CN1CCN(Cc2ccccc2)CC1)C1(c2ccccc2)C=CC=CC1. The molecule has 1 fully saturated rings. The van der Waals surface area contributed by atoms with E-state index < -0.39 is 5.41 Å². The molecular weight excluding hydrogens is 344 g/mol. The van der Waals surface area contributed by atoms with Crippen LogP contribution >= 0.6 is 0 Å². The maximum absolute atomic E-state index is 13.4. The minimum Gasteiger partial charge on any atom is -0.297 e. The van der Waals surface area contributed by atoms with Gasteiger partial charge in [0.05, 0.1) is 12.0 Å². The zero-order valence-electron chi connectivity index (χ0n) is 16.3. The third kappa shape index (κ3) is 4.16. The number of Topliss-reactive ketones (excluding diaryl/α,β-unsaturated/α-hetero) is 1. The van der Waals surface area contributed by atoms with E-state index in [1.807, 2.05) is 30.4 Å². The van der Waals surface area contributed by atoms with Crippen molar-refractivity contribution in [3.05, 3.63) is 96.1 Å². The number of ketones is 1. The number of piperazine rings is 1. The van der Waals surface area contributed by atoms with Crippen molar-refractivity contribution < 1.29 is 4.79 Å². The molecule has 28 heavy (non-hydrogen) atoms. The maximum Gasteiger partial charge on any atom is 0.161 e. The van der Waals surface area contributed by atoms with Crippen LogP contribution in [-0.4, -0.2) is 48.3 Å². The number of hydrogen-bond donors (Lipinski definition) is 0. The van der Waals surface area contributed by atoms with Gasteiger partial charge in [0, 0.05) is 32.7 Å². The molecule has 0 radical (unpaired) electrons. The average molecular weight is 373 g/mol. The molecule has 1 aliphatic heterocycles. The molecule has 0 spiro atoms. The molecule has 1 aliphatic carbocycles. The molecule has 1 unspecified atom stereocenters. The second kappa shape index (κ2) is 8.68. The van der Waals surface area contributed by atoms with Gasteiger partial charge < -0.3 is 0 Å². The summed E-state index contributed by atoms with van der Waals surface area (Å²) in [5, 5.41) is 0. The summed E-state index contributed by atoms with van der Waals surface area (Å²) >= 11 is 0. The highest BCUT2D eigenvalue weighted by Gasteiger charge is 2.38. The van der Waals surface area contributed by atoms with Gasteiger partial charge in [-0.25, -0.2) is 0 Å². The molecule has 0 saturated carbocycles. The number of allylic oxidation sites excluding steroid dienone is 4. The maximum atomic E-state index is 13.4. The molecule has 3 heteroatoms. The normalized spacial score (nSPS) is 23.0. The Morgan fingerprint density at radius 1 is 0.821 bits per heavy atom. The molecular formula is C25H28N2O. The lowest BCUT2D eigenvalue weighted by Crippen LogP contribution is -2.50. The summed E-state index contributed by atoms with van der Waals surface area (Å²) in [6, 6.07) is 20.8. The lowest BCUT2D eigenvalue weighted by atomic mass is 9.72. The van der Waals surface area contributed by atoms with Crippen LogP contribution in [0.3, 0.4) is 0 Å². The predicted molar refractivity (Wildman–Crippen MR) is 114 cm³/mol. The molecule has 0 aromatic heterocycles. The van der Waals surface area contributed by atoms with E-state index in [2.05, 4.69) is 64.4 Å². The van der Waals surface area contributed by atoms with E-state index in [1.165, 1.54) is 5.56 Å². The van der Waals surface area contributed by atoms with Crippen LogP contribution in [-0.2, 0) is 16.8 Å². The van der Waals surface area contributed by atoms with Gasteiger partial charge in [-0.05, 0) is 17.5 Å². The Morgan fingerprint density at radius 2 is 1.46 bits per heavy atom. The Bertz CT molecular complexity index is 835. The minimum atomic E-state index is -0.517. The molecule has 3 nitrogen and oxygen atoms in total. The summed E-state index contributed by atoms with van der Waals surface area (Å²) in [5.74, 6) is 0.302. The van der Waals surface area contributed by atoms with Crippen molar-refractivity contribution in [2.45, 2.75) is 18.4 Å². The minimum absolute atomic E-state index is 0.302. The fourth-order valence-electron chi connectivity index (χ4n) is 4.23. The van der Waals surface area contributed by atoms with Crippen molar-refractivity contribution in [2.75, 3.05) is 32.7 Å². The fourth-order valence-corrected chi connectivity index (χ4v) is 4.23. The third-order valence-electron chi connectivity index (χ3n) is 5.94. The lowest BCUT2D eigenvalue weighted by molar-refractivity contribution is -0.124. The van der Waals surface area contributed by atoms with Crippen LogP contribution in [0, 0.1) is 0 Å². The summed E-state index contributed by atoms with van der Waals surface area (Å²) in [4.78, 5) is 18.2. The van der Waals surface area contributed by atoms with Gasteiger partial charge in [0.25, 0.3) is 0 Å². The largest absolute Gasteiger partial charge is 0.297 e. The Balaban J connectivity index is 1.38. The van der Waals surface area contributed by atoms with E-state index in [4.69, 9.17) is 0 Å². The van der Waals surface area contributed by atoms with Crippen LogP contribution in [0.4, 0.5) is 0 Å². The number of nitrogens with zero attached hydrogens (tertiary/aromatic N) is 2. The molecule has 2 aliphatic rings. The number of carbonyl (C=O) groups excluding carboxylic acids is 1. The van der Waals surface area contributed by atoms with E-state index >= 15 is 0 Å². The Hall–Kier alpha value is -2.49. The fraction of sp³-hybridized carbons (Fsp3) is 0.320. The molecule has 144 valence electrons. The number of rotatable bonds is 6. The molecule has 2 aromatic rings. The highest BCUT2D eigenvalue weighted by Crippen LogP contribution is 2.34. The lowest BCUT2D eigenvalue weighted by Gasteiger charge is -2.37. The first kappa shape index (κ1) is 18.9. The van der Waals surface area contributed by atoms with Crippen LogP contribution in [0.2, 0.25) is 0 Å². The second-order valence-corrected chi connectivity index (χ2v) is 7.79. The first-order chi connectivity index (χ1) is 13.8. The average Bonchev–Trinajstić information content (AvgIpc) is 2.77. The summed E-state index contributed by atoms with van der Waals surface area (Å²) in [5.41, 5.74) is 1.94. The van der Waals surface area contributed by atoms with Gasteiger partial charge >= 0.3 is 0 Å². The van der Waals surface area contributed by atoms with Crippen molar-refractivity contribution in [1.82, 2.24) is 9.80 Å². The number of carbonyl (C=O) groups is 1. The van der Waals surface area contributed by atoms with E-state index in [9.17, 15) is 4.79 Å². The van der Waals surface area contributed by atoms with Gasteiger partial charge in [0.1, 0.15) is 0 Å². The standard InChI is InChI=1S/C25H28N2O/c28-24(25(14-8-3-9-15-25)23-12-6-2-7-13-23)21-27-18-16-26(17-19-27)20-22-10-4-1-5-11-22/h1-14H,15-21H2. The molecule has 4 rings (SSSR count). The van der Waals surface area contributed by atoms with Gasteiger partial charge in [-0.15, -0.1) is 0 Å². The van der Waals surface area contributed by atoms with Crippen LogP contribution in [0.5, 0.6) is 0 Å². The van der Waals surface area contributed by atoms with Crippen LogP contribution in [0.1, 0.15) is 17.5 Å². The summed E-state index contributed by atoms with van der Waals surface area (Å²) in [7, 11) is 0. The van der Waals surface area contributed by atoms with E-state index in [0.717, 1.165) is 44.7 Å². The highest BCUT2D eigenvalue weighted by molar-refractivity contribution is 5.94. The Labute approximate surface area is 168 Å². The Kier molecular flexibility index (Phi) is 5.84. The van der Waals surface area contributed by atoms with E-state index in [1.54, 1.807) is 0 Å². The van der Waals surface area contributed by atoms with Gasteiger partial charge in [0.15, 0.2) is 5.78 Å². The zero-order valence-corrected chi connectivity index (χ0v) is 16.3. The zero-order chi connectivity index (χ0) is 19.2. The molecule has 0 bridgehead atoms. The topological polar surface area (TPSA) is 23.6 Å². The first-order valence-corrected chi connectivity index (χ1v) is 10.2. The first-order valence-electron chi connectivity index (χ1n) is 10.2. The monoisotopic (exact) mass is 372 g/mol. The van der Waals surface area contributed by atoms with Crippen molar-refractivity contribution in [3.8, 4) is 0 Å². The molecule has 1 atom stereocenters. The molecule has 2 aromatic carbocycles. The van der Waals surface area contributed by atoms with Gasteiger partial charge in [0.2, 0.25) is 0 Å². The van der Waals surface area contributed by atoms with Crippen LogP contribution in [0.15, 0.2) is 85.0 Å². The predicted octanol–water partition coefficient (Wildman–Crippen LogP) is 3.83. The summed E-state index contributed by atoms with van der Waals surface area (Å²) < 4.78 is 0. The van der Waals surface area contributed by atoms with Gasteiger partial charge in [-0.2, -0.15) is 0 Å². The quantitative estimate of drug-likeness (QED) is 0.770. The summed E-state index contributed by atoms with van der Waals surface area (Å²) in [6.45, 7) is 5.43. The van der Waals surface area contributed by atoms with Crippen molar-refractivity contribution in [3.63, 3.8) is 0 Å². The second-order valence-electron chi connectivity index (χ2n) is 7.79. The van der Waals surface area contributed by atoms with Gasteiger partial charge in [-0.3, -0.25) is 14.6 Å². The molecule has 1 heterocycles.